The van der Waals surface area contributed by atoms with Crippen molar-refractivity contribution in [2.75, 3.05) is 45.5 Å². The number of hydrogen-bond donors (Lipinski definition) is 0. The number of benzene rings is 1. The predicted molar refractivity (Wildman–Crippen MR) is 132 cm³/mol. The summed E-state index contributed by atoms with van der Waals surface area (Å²) in [6.07, 6.45) is 2.95. The zero-order valence-corrected chi connectivity index (χ0v) is 22.1. The number of piperazine rings is 1. The van der Waals surface area contributed by atoms with Crippen LogP contribution in [0.1, 0.15) is 39.2 Å². The summed E-state index contributed by atoms with van der Waals surface area (Å²) in [5, 5.41) is 0.597. The molecule has 0 aromatic heterocycles. The van der Waals surface area contributed by atoms with Gasteiger partial charge in [0, 0.05) is 45.8 Å². The number of rotatable bonds is 5. The van der Waals surface area contributed by atoms with Crippen LogP contribution in [0.3, 0.4) is 0 Å². The SMILES string of the molecule is CC(C)(C)OC(=O)N1CC2CC(Oc3ccc(CN4CCN(S(C)(=O)=O)CC4)cc3Cl)C[C@H]2C1. The molecule has 2 saturated heterocycles. The molecule has 190 valence electrons. The average molecular weight is 514 g/mol. The van der Waals surface area contributed by atoms with Crippen LogP contribution >= 0.6 is 11.6 Å². The molecule has 1 aromatic carbocycles. The zero-order valence-electron chi connectivity index (χ0n) is 20.5. The zero-order chi connectivity index (χ0) is 24.7. The highest BCUT2D eigenvalue weighted by molar-refractivity contribution is 7.88. The molecule has 34 heavy (non-hydrogen) atoms. The number of hydrogen-bond acceptors (Lipinski definition) is 6. The molecule has 1 aliphatic carbocycles. The third kappa shape index (κ3) is 6.36. The molecule has 2 heterocycles. The van der Waals surface area contributed by atoms with Gasteiger partial charge in [-0.3, -0.25) is 4.90 Å². The van der Waals surface area contributed by atoms with E-state index in [4.69, 9.17) is 21.1 Å². The fourth-order valence-corrected chi connectivity index (χ4v) is 6.29. The topological polar surface area (TPSA) is 79.4 Å². The molecule has 0 bridgehead atoms. The predicted octanol–water partition coefficient (Wildman–Crippen LogP) is 3.44. The molecular formula is C24H36ClN3O5S. The molecule has 10 heteroatoms. The molecule has 3 fully saturated rings. The van der Waals surface area contributed by atoms with Crippen LogP contribution in [0.2, 0.25) is 5.02 Å². The Hall–Kier alpha value is -1.55. The first kappa shape index (κ1) is 25.5. The number of halogens is 1. The second-order valence-electron chi connectivity index (χ2n) is 10.8. The van der Waals surface area contributed by atoms with Crippen LogP contribution in [-0.4, -0.2) is 85.8 Å². The van der Waals surface area contributed by atoms with Crippen LogP contribution in [0.15, 0.2) is 18.2 Å². The highest BCUT2D eigenvalue weighted by Gasteiger charge is 2.44. The van der Waals surface area contributed by atoms with Gasteiger partial charge in [0.05, 0.1) is 17.4 Å². The van der Waals surface area contributed by atoms with E-state index >= 15 is 0 Å². The first-order valence-corrected chi connectivity index (χ1v) is 14.2. The van der Waals surface area contributed by atoms with E-state index in [-0.39, 0.29) is 12.2 Å². The number of sulfonamides is 1. The molecule has 0 radical (unpaired) electrons. The van der Waals surface area contributed by atoms with Gasteiger partial charge in [-0.05, 0) is 63.1 Å². The van der Waals surface area contributed by atoms with Crippen molar-refractivity contribution in [1.29, 1.82) is 0 Å². The van der Waals surface area contributed by atoms with Crippen LogP contribution in [0, 0.1) is 11.8 Å². The Morgan fingerprint density at radius 2 is 1.71 bits per heavy atom. The Morgan fingerprint density at radius 3 is 2.24 bits per heavy atom. The molecule has 0 spiro atoms. The van der Waals surface area contributed by atoms with Gasteiger partial charge in [-0.25, -0.2) is 13.2 Å². The van der Waals surface area contributed by atoms with Crippen molar-refractivity contribution >= 4 is 27.7 Å². The van der Waals surface area contributed by atoms with Crippen LogP contribution in [0.4, 0.5) is 4.79 Å². The van der Waals surface area contributed by atoms with E-state index in [1.807, 2.05) is 43.9 Å². The third-order valence-corrected chi connectivity index (χ3v) is 8.45. The summed E-state index contributed by atoms with van der Waals surface area (Å²) in [6, 6.07) is 5.91. The Morgan fingerprint density at radius 1 is 1.09 bits per heavy atom. The van der Waals surface area contributed by atoms with Gasteiger partial charge in [-0.1, -0.05) is 17.7 Å². The van der Waals surface area contributed by atoms with Crippen molar-refractivity contribution in [2.24, 2.45) is 11.8 Å². The minimum atomic E-state index is -3.12. The van der Waals surface area contributed by atoms with Gasteiger partial charge in [0.25, 0.3) is 0 Å². The first-order valence-electron chi connectivity index (χ1n) is 12.0. The molecule has 4 rings (SSSR count). The van der Waals surface area contributed by atoms with Crippen LogP contribution < -0.4 is 4.74 Å². The molecule has 1 amide bonds. The van der Waals surface area contributed by atoms with Crippen molar-refractivity contribution < 1.29 is 22.7 Å². The number of nitrogens with zero attached hydrogens (tertiary/aromatic N) is 3. The number of carbonyl (C=O) groups excluding carboxylic acids is 1. The molecule has 0 N–H and O–H groups in total. The van der Waals surface area contributed by atoms with E-state index in [0.717, 1.165) is 38.0 Å². The number of fused-ring (bicyclic) bond motifs is 1. The number of ether oxygens (including phenoxy) is 2. The fraction of sp³-hybridized carbons (Fsp3) is 0.708. The van der Waals surface area contributed by atoms with Crippen molar-refractivity contribution in [1.82, 2.24) is 14.1 Å². The third-order valence-electron chi connectivity index (χ3n) is 6.86. The minimum Gasteiger partial charge on any atom is -0.489 e. The van der Waals surface area contributed by atoms with E-state index in [1.54, 1.807) is 0 Å². The summed E-state index contributed by atoms with van der Waals surface area (Å²) in [4.78, 5) is 16.4. The maximum Gasteiger partial charge on any atom is 0.410 e. The summed E-state index contributed by atoms with van der Waals surface area (Å²) in [7, 11) is -3.12. The lowest BCUT2D eigenvalue weighted by molar-refractivity contribution is 0.0272. The van der Waals surface area contributed by atoms with Crippen LogP contribution in [0.5, 0.6) is 5.75 Å². The molecular weight excluding hydrogens is 478 g/mol. The Bertz CT molecular complexity index is 990. The first-order chi connectivity index (χ1) is 15.9. The lowest BCUT2D eigenvalue weighted by atomic mass is 10.0. The summed E-state index contributed by atoms with van der Waals surface area (Å²) in [6.45, 7) is 10.3. The van der Waals surface area contributed by atoms with Crippen molar-refractivity contribution in [3.63, 3.8) is 0 Å². The minimum absolute atomic E-state index is 0.100. The molecule has 3 aliphatic rings. The van der Waals surface area contributed by atoms with Crippen molar-refractivity contribution in [3.05, 3.63) is 28.8 Å². The fourth-order valence-electron chi connectivity index (χ4n) is 5.21. The van der Waals surface area contributed by atoms with E-state index in [0.29, 0.717) is 48.8 Å². The largest absolute Gasteiger partial charge is 0.489 e. The number of likely N-dealkylation sites (tertiary alicyclic amines) is 1. The summed E-state index contributed by atoms with van der Waals surface area (Å²) in [5.41, 5.74) is 0.606. The summed E-state index contributed by atoms with van der Waals surface area (Å²) in [5.74, 6) is 1.56. The standard InChI is InChI=1S/C24H36ClN3O5S/c1-24(2,3)33-23(29)27-15-18-12-20(13-19(18)16-27)32-22-6-5-17(11-21(22)25)14-26-7-9-28(10-8-26)34(4,30)31/h5-6,11,18-20H,7-10,12-16H2,1-4H3/t18-,19?,20?/m0/s1. The molecule has 1 aromatic rings. The summed E-state index contributed by atoms with van der Waals surface area (Å²) < 4.78 is 36.7. The van der Waals surface area contributed by atoms with Crippen LogP contribution in [0.25, 0.3) is 0 Å². The lowest BCUT2D eigenvalue weighted by Crippen LogP contribution is -2.47. The van der Waals surface area contributed by atoms with Gasteiger partial charge in [0.2, 0.25) is 10.0 Å². The normalized spacial score (nSPS) is 26.5. The van der Waals surface area contributed by atoms with Gasteiger partial charge >= 0.3 is 6.09 Å². The Labute approximate surface area is 208 Å². The average Bonchev–Trinajstić information content (AvgIpc) is 3.27. The quantitative estimate of drug-likeness (QED) is 0.600. The van der Waals surface area contributed by atoms with Gasteiger partial charge in [0.15, 0.2) is 0 Å². The van der Waals surface area contributed by atoms with Crippen LogP contribution in [-0.2, 0) is 21.3 Å². The van der Waals surface area contributed by atoms with Gasteiger partial charge in [0.1, 0.15) is 11.4 Å². The van der Waals surface area contributed by atoms with E-state index in [9.17, 15) is 13.2 Å². The van der Waals surface area contributed by atoms with E-state index in [1.165, 1.54) is 10.6 Å². The monoisotopic (exact) mass is 513 g/mol. The lowest BCUT2D eigenvalue weighted by Gasteiger charge is -2.33. The maximum atomic E-state index is 12.4. The number of amides is 1. The molecule has 2 aliphatic heterocycles. The van der Waals surface area contributed by atoms with E-state index in [2.05, 4.69) is 4.90 Å². The smallest absolute Gasteiger partial charge is 0.410 e. The van der Waals surface area contributed by atoms with Gasteiger partial charge in [-0.2, -0.15) is 4.31 Å². The van der Waals surface area contributed by atoms with Crippen molar-refractivity contribution in [2.45, 2.75) is 51.9 Å². The van der Waals surface area contributed by atoms with Crippen molar-refractivity contribution in [3.8, 4) is 5.75 Å². The highest BCUT2D eigenvalue weighted by Crippen LogP contribution is 2.41. The second-order valence-corrected chi connectivity index (χ2v) is 13.2. The summed E-state index contributed by atoms with van der Waals surface area (Å²) >= 11 is 6.55. The van der Waals surface area contributed by atoms with Gasteiger partial charge < -0.3 is 14.4 Å². The highest BCUT2D eigenvalue weighted by atomic mass is 35.5. The second kappa shape index (κ2) is 9.84. The molecule has 8 nitrogen and oxygen atoms in total. The molecule has 1 saturated carbocycles. The Kier molecular flexibility index (Phi) is 7.39. The number of carbonyl (C=O) groups is 1. The molecule has 3 atom stereocenters. The van der Waals surface area contributed by atoms with Gasteiger partial charge in [-0.15, -0.1) is 0 Å². The van der Waals surface area contributed by atoms with E-state index < -0.39 is 15.6 Å². The molecule has 2 unspecified atom stereocenters. The Balaban J connectivity index is 1.26. The maximum absolute atomic E-state index is 12.4.